The van der Waals surface area contributed by atoms with Gasteiger partial charge in [0.15, 0.2) is 0 Å². The van der Waals surface area contributed by atoms with E-state index in [0.29, 0.717) is 0 Å². The minimum Gasteiger partial charge on any atom is -0.507 e. The van der Waals surface area contributed by atoms with Crippen LogP contribution < -0.4 is 0 Å². The summed E-state index contributed by atoms with van der Waals surface area (Å²) >= 11 is 0. The first-order chi connectivity index (χ1) is 8.27. The maximum absolute atomic E-state index is 9.60. The predicted octanol–water partition coefficient (Wildman–Crippen LogP) is 3.57. The Labute approximate surface area is 101 Å². The van der Waals surface area contributed by atoms with Gasteiger partial charge in [0.05, 0.1) is 6.04 Å². The Morgan fingerprint density at radius 2 is 1.65 bits per heavy atom. The highest BCUT2D eigenvalue weighted by molar-refractivity contribution is 5.83. The highest BCUT2D eigenvalue weighted by Crippen LogP contribution is 2.18. The molecule has 2 heteroatoms. The molecule has 2 rings (SSSR count). The van der Waals surface area contributed by atoms with E-state index < -0.39 is 0 Å². The van der Waals surface area contributed by atoms with Crippen molar-refractivity contribution in [3.63, 3.8) is 0 Å². The first-order valence-corrected chi connectivity index (χ1v) is 5.63. The number of aromatic hydroxyl groups is 1. The van der Waals surface area contributed by atoms with Gasteiger partial charge in [-0.15, -0.1) is 0 Å². The lowest BCUT2D eigenvalue weighted by Crippen LogP contribution is -1.90. The summed E-state index contributed by atoms with van der Waals surface area (Å²) in [4.78, 5) is 4.44. The molecule has 0 aliphatic heterocycles. The van der Waals surface area contributed by atoms with Crippen LogP contribution in [0.15, 0.2) is 59.6 Å². The molecular formula is C15H15NO. The lowest BCUT2D eigenvalue weighted by atomic mass is 10.1. The molecular weight excluding hydrogens is 210 g/mol. The SMILES string of the molecule is C[C@H](N=Cc1ccccc1O)c1ccccc1. The molecule has 0 heterocycles. The average molecular weight is 225 g/mol. The molecule has 1 N–H and O–H groups in total. The molecule has 2 aromatic rings. The van der Waals surface area contributed by atoms with Crippen molar-refractivity contribution >= 4 is 6.21 Å². The molecule has 0 saturated carbocycles. The summed E-state index contributed by atoms with van der Waals surface area (Å²) in [6.45, 7) is 2.03. The Kier molecular flexibility index (Phi) is 3.55. The summed E-state index contributed by atoms with van der Waals surface area (Å²) < 4.78 is 0. The zero-order chi connectivity index (χ0) is 12.1. The summed E-state index contributed by atoms with van der Waals surface area (Å²) in [5.74, 6) is 0.261. The van der Waals surface area contributed by atoms with E-state index in [-0.39, 0.29) is 11.8 Å². The van der Waals surface area contributed by atoms with E-state index in [9.17, 15) is 5.11 Å². The van der Waals surface area contributed by atoms with Crippen LogP contribution in [0.3, 0.4) is 0 Å². The molecule has 0 aliphatic rings. The third-order valence-electron chi connectivity index (χ3n) is 2.66. The van der Waals surface area contributed by atoms with Crippen LogP contribution in [0.25, 0.3) is 0 Å². The molecule has 2 nitrogen and oxygen atoms in total. The lowest BCUT2D eigenvalue weighted by Gasteiger charge is -2.06. The topological polar surface area (TPSA) is 32.6 Å². The predicted molar refractivity (Wildman–Crippen MR) is 70.6 cm³/mol. The maximum atomic E-state index is 9.60. The van der Waals surface area contributed by atoms with Gasteiger partial charge in [0, 0.05) is 11.8 Å². The van der Waals surface area contributed by atoms with Crippen LogP contribution in [-0.2, 0) is 0 Å². The largest absolute Gasteiger partial charge is 0.507 e. The van der Waals surface area contributed by atoms with Gasteiger partial charge in [-0.25, -0.2) is 0 Å². The van der Waals surface area contributed by atoms with E-state index in [1.807, 2.05) is 49.4 Å². The van der Waals surface area contributed by atoms with Crippen LogP contribution >= 0.6 is 0 Å². The van der Waals surface area contributed by atoms with Gasteiger partial charge in [0.25, 0.3) is 0 Å². The van der Waals surface area contributed by atoms with Crippen molar-refractivity contribution in [3.8, 4) is 5.75 Å². The van der Waals surface area contributed by atoms with Gasteiger partial charge in [0.1, 0.15) is 5.75 Å². The molecule has 0 aromatic heterocycles. The average Bonchev–Trinajstić information content (AvgIpc) is 2.38. The number of phenolic OH excluding ortho intramolecular Hbond substituents is 1. The molecule has 0 unspecified atom stereocenters. The molecule has 0 aliphatic carbocycles. The molecule has 0 fully saturated rings. The van der Waals surface area contributed by atoms with E-state index >= 15 is 0 Å². The van der Waals surface area contributed by atoms with Gasteiger partial charge in [-0.05, 0) is 24.6 Å². The second kappa shape index (κ2) is 5.30. The minimum atomic E-state index is 0.0933. The number of para-hydroxylation sites is 1. The van der Waals surface area contributed by atoms with Crippen molar-refractivity contribution in [2.45, 2.75) is 13.0 Å². The highest BCUT2D eigenvalue weighted by atomic mass is 16.3. The van der Waals surface area contributed by atoms with Gasteiger partial charge < -0.3 is 5.11 Å². The third kappa shape index (κ3) is 2.94. The quantitative estimate of drug-likeness (QED) is 0.796. The Morgan fingerprint density at radius 3 is 2.35 bits per heavy atom. The number of rotatable bonds is 3. The summed E-state index contributed by atoms with van der Waals surface area (Å²) in [6, 6.07) is 17.4. The van der Waals surface area contributed by atoms with Crippen molar-refractivity contribution in [2.24, 2.45) is 4.99 Å². The van der Waals surface area contributed by atoms with Crippen LogP contribution in [0.4, 0.5) is 0 Å². The smallest absolute Gasteiger partial charge is 0.124 e. The summed E-state index contributed by atoms with van der Waals surface area (Å²) in [5, 5.41) is 9.60. The number of hydrogen-bond donors (Lipinski definition) is 1. The molecule has 0 amide bonds. The fourth-order valence-corrected chi connectivity index (χ4v) is 1.61. The number of hydrogen-bond acceptors (Lipinski definition) is 2. The Bertz CT molecular complexity index is 505. The van der Waals surface area contributed by atoms with Gasteiger partial charge in [-0.3, -0.25) is 4.99 Å². The van der Waals surface area contributed by atoms with Gasteiger partial charge in [-0.1, -0.05) is 42.5 Å². The fourth-order valence-electron chi connectivity index (χ4n) is 1.61. The summed E-state index contributed by atoms with van der Waals surface area (Å²) in [5.41, 5.74) is 1.91. The Hall–Kier alpha value is -2.09. The number of aliphatic imine (C=N–C) groups is 1. The number of phenols is 1. The second-order valence-corrected chi connectivity index (χ2v) is 3.92. The first-order valence-electron chi connectivity index (χ1n) is 5.63. The van der Waals surface area contributed by atoms with E-state index in [1.54, 1.807) is 18.3 Å². The van der Waals surface area contributed by atoms with E-state index in [2.05, 4.69) is 4.99 Å². The van der Waals surface area contributed by atoms with E-state index in [0.717, 1.165) is 5.56 Å². The van der Waals surface area contributed by atoms with Crippen LogP contribution in [0.1, 0.15) is 24.1 Å². The zero-order valence-corrected chi connectivity index (χ0v) is 9.75. The molecule has 17 heavy (non-hydrogen) atoms. The molecule has 0 saturated heterocycles. The van der Waals surface area contributed by atoms with Crippen LogP contribution in [-0.4, -0.2) is 11.3 Å². The fraction of sp³-hybridized carbons (Fsp3) is 0.133. The van der Waals surface area contributed by atoms with Gasteiger partial charge >= 0.3 is 0 Å². The Morgan fingerprint density at radius 1 is 1.00 bits per heavy atom. The van der Waals surface area contributed by atoms with Crippen molar-refractivity contribution in [1.82, 2.24) is 0 Å². The van der Waals surface area contributed by atoms with E-state index in [1.165, 1.54) is 5.56 Å². The number of benzene rings is 2. The highest BCUT2D eigenvalue weighted by Gasteiger charge is 2.01. The lowest BCUT2D eigenvalue weighted by molar-refractivity contribution is 0.474. The maximum Gasteiger partial charge on any atom is 0.124 e. The van der Waals surface area contributed by atoms with Gasteiger partial charge in [0.2, 0.25) is 0 Å². The molecule has 0 spiro atoms. The molecule has 0 radical (unpaired) electrons. The minimum absolute atomic E-state index is 0.0933. The molecule has 1 atom stereocenters. The van der Waals surface area contributed by atoms with Crippen LogP contribution in [0.2, 0.25) is 0 Å². The summed E-state index contributed by atoms with van der Waals surface area (Å²) in [7, 11) is 0. The zero-order valence-electron chi connectivity index (χ0n) is 9.75. The molecule has 0 bridgehead atoms. The second-order valence-electron chi connectivity index (χ2n) is 3.92. The summed E-state index contributed by atoms with van der Waals surface area (Å²) in [6.07, 6.45) is 1.72. The van der Waals surface area contributed by atoms with Crippen LogP contribution in [0, 0.1) is 0 Å². The standard InChI is InChI=1S/C15H15NO/c1-12(13-7-3-2-4-8-13)16-11-14-9-5-6-10-15(14)17/h2-12,17H,1H3/t12-/m0/s1. The van der Waals surface area contributed by atoms with Crippen molar-refractivity contribution in [3.05, 3.63) is 65.7 Å². The monoisotopic (exact) mass is 225 g/mol. The van der Waals surface area contributed by atoms with Crippen molar-refractivity contribution in [1.29, 1.82) is 0 Å². The third-order valence-corrected chi connectivity index (χ3v) is 2.66. The van der Waals surface area contributed by atoms with Gasteiger partial charge in [-0.2, -0.15) is 0 Å². The van der Waals surface area contributed by atoms with Crippen LogP contribution in [0.5, 0.6) is 5.75 Å². The molecule has 2 aromatic carbocycles. The molecule has 86 valence electrons. The van der Waals surface area contributed by atoms with Crippen molar-refractivity contribution in [2.75, 3.05) is 0 Å². The Balaban J connectivity index is 2.14. The number of nitrogens with zero attached hydrogens (tertiary/aromatic N) is 1. The first kappa shape index (κ1) is 11.4. The van der Waals surface area contributed by atoms with Crippen molar-refractivity contribution < 1.29 is 5.11 Å². The van der Waals surface area contributed by atoms with E-state index in [4.69, 9.17) is 0 Å². The normalized spacial score (nSPS) is 12.8.